The van der Waals surface area contributed by atoms with Gasteiger partial charge in [-0.25, -0.2) is 0 Å². The molecule has 0 saturated heterocycles. The van der Waals surface area contributed by atoms with Gasteiger partial charge in [-0.1, -0.05) is 45.4 Å². The lowest BCUT2D eigenvalue weighted by molar-refractivity contribution is -0.230. The largest absolute Gasteiger partial charge is 0.395 e. The summed E-state index contributed by atoms with van der Waals surface area (Å²) >= 11 is 0. The van der Waals surface area contributed by atoms with Crippen molar-refractivity contribution in [1.29, 1.82) is 0 Å². The van der Waals surface area contributed by atoms with Gasteiger partial charge in [0.2, 0.25) is 0 Å². The minimum Gasteiger partial charge on any atom is -0.395 e. The minimum atomic E-state index is -0.487. The van der Waals surface area contributed by atoms with Gasteiger partial charge in [0, 0.05) is 26.7 Å². The molecule has 0 saturated carbocycles. The van der Waals surface area contributed by atoms with Gasteiger partial charge in [0.05, 0.1) is 6.61 Å². The molecule has 0 amide bonds. The molecule has 1 N–H and O–H groups in total. The summed E-state index contributed by atoms with van der Waals surface area (Å²) in [6, 6.07) is 0. The second kappa shape index (κ2) is 14.2. The van der Waals surface area contributed by atoms with Gasteiger partial charge in [-0.3, -0.25) is 0 Å². The van der Waals surface area contributed by atoms with E-state index in [0.717, 1.165) is 32.4 Å². The van der Waals surface area contributed by atoms with Crippen molar-refractivity contribution in [2.24, 2.45) is 5.92 Å². The van der Waals surface area contributed by atoms with E-state index < -0.39 is 5.79 Å². The fraction of sp³-hybridized carbons (Fsp3) is 1.00. The molecule has 0 aliphatic heterocycles. The van der Waals surface area contributed by atoms with Gasteiger partial charge in [0.1, 0.15) is 0 Å². The maximum atomic E-state index is 8.97. The van der Waals surface area contributed by atoms with Gasteiger partial charge in [0.15, 0.2) is 5.79 Å². The highest BCUT2D eigenvalue weighted by Crippen LogP contribution is 2.31. The van der Waals surface area contributed by atoms with Crippen molar-refractivity contribution < 1.29 is 14.6 Å². The van der Waals surface area contributed by atoms with Crippen LogP contribution in [0.4, 0.5) is 0 Å². The summed E-state index contributed by atoms with van der Waals surface area (Å²) in [6.45, 7) is 6.30. The molecule has 0 aromatic heterocycles. The maximum Gasteiger partial charge on any atom is 0.167 e. The van der Waals surface area contributed by atoms with Crippen molar-refractivity contribution in [1.82, 2.24) is 4.90 Å². The third-order valence-electron chi connectivity index (χ3n) is 5.03. The van der Waals surface area contributed by atoms with E-state index in [4.69, 9.17) is 14.6 Å². The van der Waals surface area contributed by atoms with Gasteiger partial charge in [-0.05, 0) is 39.8 Å². The number of ether oxygens (including phenoxy) is 2. The van der Waals surface area contributed by atoms with Gasteiger partial charge in [0.25, 0.3) is 0 Å². The summed E-state index contributed by atoms with van der Waals surface area (Å²) in [5.74, 6) is -0.0647. The molecule has 0 bridgehead atoms. The summed E-state index contributed by atoms with van der Waals surface area (Å²) in [5, 5.41) is 8.97. The van der Waals surface area contributed by atoms with E-state index in [9.17, 15) is 0 Å². The standard InChI is InChI=1S/C19H41NO3/c1-6-7-8-9-10-11-13-18(19(2,22-4)23-5)14-12-15-20(3)16-17-21/h18,21H,6-17H2,1-5H3. The Bertz CT molecular complexity index is 257. The van der Waals surface area contributed by atoms with Crippen LogP contribution in [0.15, 0.2) is 0 Å². The zero-order valence-electron chi connectivity index (χ0n) is 16.3. The Balaban J connectivity index is 4.24. The molecule has 0 aliphatic rings. The van der Waals surface area contributed by atoms with Gasteiger partial charge >= 0.3 is 0 Å². The summed E-state index contributed by atoms with van der Waals surface area (Å²) in [4.78, 5) is 2.18. The van der Waals surface area contributed by atoms with Crippen molar-refractivity contribution in [3.05, 3.63) is 0 Å². The van der Waals surface area contributed by atoms with Crippen molar-refractivity contribution in [2.45, 2.75) is 77.4 Å². The zero-order valence-corrected chi connectivity index (χ0v) is 16.3. The number of unbranched alkanes of at least 4 members (excludes halogenated alkanes) is 5. The first-order valence-electron chi connectivity index (χ1n) is 9.43. The quantitative estimate of drug-likeness (QED) is 0.342. The molecule has 0 aromatic carbocycles. The lowest BCUT2D eigenvalue weighted by Gasteiger charge is -2.35. The Morgan fingerprint density at radius 3 is 2.04 bits per heavy atom. The molecule has 1 unspecified atom stereocenters. The molecule has 0 fully saturated rings. The van der Waals surface area contributed by atoms with E-state index in [2.05, 4.69) is 25.8 Å². The highest BCUT2D eigenvalue weighted by atomic mass is 16.7. The van der Waals surface area contributed by atoms with Crippen LogP contribution in [0.3, 0.4) is 0 Å². The second-order valence-electron chi connectivity index (χ2n) is 6.85. The number of likely N-dealkylation sites (N-methyl/N-ethyl adjacent to an activating group) is 1. The summed E-state index contributed by atoms with van der Waals surface area (Å²) in [7, 11) is 5.55. The van der Waals surface area contributed by atoms with E-state index in [1.165, 1.54) is 38.5 Å². The molecule has 0 radical (unpaired) electrons. The number of hydrogen-bond acceptors (Lipinski definition) is 4. The molecular formula is C19H41NO3. The van der Waals surface area contributed by atoms with Crippen LogP contribution >= 0.6 is 0 Å². The van der Waals surface area contributed by atoms with E-state index in [1.807, 2.05) is 0 Å². The Morgan fingerprint density at radius 2 is 1.48 bits per heavy atom. The molecule has 0 rings (SSSR count). The zero-order chi connectivity index (χ0) is 17.6. The molecule has 0 heterocycles. The van der Waals surface area contributed by atoms with Crippen molar-refractivity contribution in [2.75, 3.05) is 41.0 Å². The average molecular weight is 332 g/mol. The number of aliphatic hydroxyl groups is 1. The van der Waals surface area contributed by atoms with Crippen LogP contribution in [-0.4, -0.2) is 56.8 Å². The van der Waals surface area contributed by atoms with Crippen LogP contribution in [-0.2, 0) is 9.47 Å². The molecule has 140 valence electrons. The van der Waals surface area contributed by atoms with E-state index >= 15 is 0 Å². The number of methoxy groups -OCH3 is 2. The smallest absolute Gasteiger partial charge is 0.167 e. The fourth-order valence-corrected chi connectivity index (χ4v) is 3.15. The molecule has 4 heteroatoms. The fourth-order valence-electron chi connectivity index (χ4n) is 3.15. The average Bonchev–Trinajstić information content (AvgIpc) is 2.55. The van der Waals surface area contributed by atoms with Crippen LogP contribution < -0.4 is 0 Å². The van der Waals surface area contributed by atoms with Crippen molar-refractivity contribution >= 4 is 0 Å². The second-order valence-corrected chi connectivity index (χ2v) is 6.85. The third kappa shape index (κ3) is 10.3. The first-order valence-corrected chi connectivity index (χ1v) is 9.43. The number of nitrogens with zero attached hydrogens (tertiary/aromatic N) is 1. The van der Waals surface area contributed by atoms with Gasteiger partial charge in [-0.2, -0.15) is 0 Å². The Hall–Kier alpha value is -0.160. The topological polar surface area (TPSA) is 41.9 Å². The van der Waals surface area contributed by atoms with E-state index in [-0.39, 0.29) is 6.61 Å². The monoisotopic (exact) mass is 331 g/mol. The van der Waals surface area contributed by atoms with Crippen LogP contribution in [0.5, 0.6) is 0 Å². The summed E-state index contributed by atoms with van der Waals surface area (Å²) < 4.78 is 11.3. The molecular weight excluding hydrogens is 290 g/mol. The highest BCUT2D eigenvalue weighted by molar-refractivity contribution is 4.75. The SMILES string of the molecule is CCCCCCCCC(CCCN(C)CCO)C(C)(OC)OC. The molecule has 1 atom stereocenters. The number of rotatable bonds is 16. The lowest BCUT2D eigenvalue weighted by Crippen LogP contribution is -2.39. The molecule has 4 nitrogen and oxygen atoms in total. The van der Waals surface area contributed by atoms with Crippen molar-refractivity contribution in [3.8, 4) is 0 Å². The predicted molar refractivity (Wildman–Crippen MR) is 97.7 cm³/mol. The summed E-state index contributed by atoms with van der Waals surface area (Å²) in [5.41, 5.74) is 0. The van der Waals surface area contributed by atoms with Crippen molar-refractivity contribution in [3.63, 3.8) is 0 Å². The van der Waals surface area contributed by atoms with E-state index in [1.54, 1.807) is 14.2 Å². The molecule has 0 aromatic rings. The molecule has 0 spiro atoms. The Kier molecular flexibility index (Phi) is 14.1. The third-order valence-corrected chi connectivity index (χ3v) is 5.03. The minimum absolute atomic E-state index is 0.228. The number of hydrogen-bond donors (Lipinski definition) is 1. The predicted octanol–water partition coefficient (Wildman–Crippen LogP) is 4.07. The molecule has 0 aliphatic carbocycles. The van der Waals surface area contributed by atoms with Crippen LogP contribution in [0.25, 0.3) is 0 Å². The normalized spacial score (nSPS) is 13.7. The Labute approximate surface area is 144 Å². The first-order chi connectivity index (χ1) is 11.0. The van der Waals surface area contributed by atoms with Gasteiger partial charge < -0.3 is 19.5 Å². The lowest BCUT2D eigenvalue weighted by atomic mass is 9.88. The maximum absolute atomic E-state index is 8.97. The van der Waals surface area contributed by atoms with Crippen LogP contribution in [0.1, 0.15) is 71.6 Å². The molecule has 23 heavy (non-hydrogen) atoms. The highest BCUT2D eigenvalue weighted by Gasteiger charge is 2.33. The number of aliphatic hydroxyl groups excluding tert-OH is 1. The van der Waals surface area contributed by atoms with E-state index in [0.29, 0.717) is 5.92 Å². The summed E-state index contributed by atoms with van der Waals surface area (Å²) in [6.07, 6.45) is 11.3. The van der Waals surface area contributed by atoms with Crippen LogP contribution in [0, 0.1) is 5.92 Å². The van der Waals surface area contributed by atoms with Crippen LogP contribution in [0.2, 0.25) is 0 Å². The first kappa shape index (κ1) is 22.8. The Morgan fingerprint density at radius 1 is 0.913 bits per heavy atom. The van der Waals surface area contributed by atoms with Gasteiger partial charge in [-0.15, -0.1) is 0 Å².